The second-order valence-corrected chi connectivity index (χ2v) is 8.55. The number of amides is 1. The molecule has 1 amide bonds. The lowest BCUT2D eigenvalue weighted by molar-refractivity contribution is -0.137. The molecule has 0 spiro atoms. The molecule has 0 saturated carbocycles. The maximum absolute atomic E-state index is 13.2. The van der Waals surface area contributed by atoms with E-state index in [1.807, 2.05) is 12.1 Å². The van der Waals surface area contributed by atoms with Crippen molar-refractivity contribution >= 4 is 11.6 Å². The van der Waals surface area contributed by atoms with Crippen molar-refractivity contribution in [3.05, 3.63) is 30.1 Å². The second kappa shape index (κ2) is 8.37. The highest BCUT2D eigenvalue weighted by atomic mass is 19.1. The number of carbonyl (C=O) groups is 1. The van der Waals surface area contributed by atoms with Gasteiger partial charge in [-0.05, 0) is 70.5 Å². The van der Waals surface area contributed by atoms with Gasteiger partial charge in [0.05, 0.1) is 6.04 Å². The second-order valence-electron chi connectivity index (χ2n) is 8.55. The molecule has 3 atom stereocenters. The summed E-state index contributed by atoms with van der Waals surface area (Å²) in [5, 5.41) is 0. The number of halogens is 1. The lowest BCUT2D eigenvalue weighted by Crippen LogP contribution is -2.56. The van der Waals surface area contributed by atoms with E-state index in [-0.39, 0.29) is 17.8 Å². The Labute approximate surface area is 168 Å². The number of nitrogens with zero attached hydrogens (tertiary/aromatic N) is 4. The largest absolute Gasteiger partial charge is 0.369 e. The van der Waals surface area contributed by atoms with Crippen LogP contribution >= 0.6 is 0 Å². The fourth-order valence-electron chi connectivity index (χ4n) is 5.21. The van der Waals surface area contributed by atoms with Gasteiger partial charge in [0.25, 0.3) is 0 Å². The van der Waals surface area contributed by atoms with Crippen molar-refractivity contribution in [1.29, 1.82) is 0 Å². The first-order chi connectivity index (χ1) is 13.5. The zero-order valence-electron chi connectivity index (χ0n) is 17.2. The summed E-state index contributed by atoms with van der Waals surface area (Å²) in [6.07, 6.45) is 3.70. The van der Waals surface area contributed by atoms with E-state index in [9.17, 15) is 9.18 Å². The maximum Gasteiger partial charge on any atom is 0.239 e. The van der Waals surface area contributed by atoms with Crippen LogP contribution in [0.2, 0.25) is 0 Å². The Kier molecular flexibility index (Phi) is 5.88. The lowest BCUT2D eigenvalue weighted by Gasteiger charge is -2.40. The molecule has 1 aromatic rings. The van der Waals surface area contributed by atoms with Crippen molar-refractivity contribution in [1.82, 2.24) is 14.7 Å². The van der Waals surface area contributed by atoms with Crippen LogP contribution in [0.15, 0.2) is 24.3 Å². The lowest BCUT2D eigenvalue weighted by atomic mass is 10.1. The number of likely N-dealkylation sites (tertiary alicyclic amines) is 2. The summed E-state index contributed by atoms with van der Waals surface area (Å²) < 4.78 is 13.1. The third-order valence-electron chi connectivity index (χ3n) is 7.02. The summed E-state index contributed by atoms with van der Waals surface area (Å²) in [7, 11) is 0. The van der Waals surface area contributed by atoms with Gasteiger partial charge in [-0.25, -0.2) is 4.39 Å². The van der Waals surface area contributed by atoms with E-state index in [1.165, 1.54) is 38.1 Å². The van der Waals surface area contributed by atoms with E-state index in [0.29, 0.717) is 12.1 Å². The van der Waals surface area contributed by atoms with Gasteiger partial charge in [-0.3, -0.25) is 14.6 Å². The number of rotatable bonds is 4. The average Bonchev–Trinajstić information content (AvgIpc) is 3.37. The van der Waals surface area contributed by atoms with E-state index >= 15 is 0 Å². The smallest absolute Gasteiger partial charge is 0.239 e. The predicted molar refractivity (Wildman–Crippen MR) is 110 cm³/mol. The van der Waals surface area contributed by atoms with Crippen molar-refractivity contribution in [2.75, 3.05) is 50.7 Å². The number of anilines is 1. The SMILES string of the molecule is C[C@H](C(=O)N1CC[C@H](N2CCCC2)[C@H]1C)N1CCN(c2ccc(F)cc2)CC1. The average molecular weight is 389 g/mol. The first-order valence-corrected chi connectivity index (χ1v) is 10.8. The minimum atomic E-state index is -0.200. The summed E-state index contributed by atoms with van der Waals surface area (Å²) in [4.78, 5) is 22.5. The summed E-state index contributed by atoms with van der Waals surface area (Å²) in [5.41, 5.74) is 1.06. The van der Waals surface area contributed by atoms with Gasteiger partial charge in [0.15, 0.2) is 0 Å². The topological polar surface area (TPSA) is 30.0 Å². The monoisotopic (exact) mass is 388 g/mol. The number of benzene rings is 1. The van der Waals surface area contributed by atoms with Gasteiger partial charge in [-0.1, -0.05) is 0 Å². The van der Waals surface area contributed by atoms with E-state index in [0.717, 1.165) is 44.8 Å². The van der Waals surface area contributed by atoms with Crippen molar-refractivity contribution in [3.8, 4) is 0 Å². The van der Waals surface area contributed by atoms with Crippen molar-refractivity contribution in [3.63, 3.8) is 0 Å². The van der Waals surface area contributed by atoms with Gasteiger partial charge >= 0.3 is 0 Å². The molecule has 3 saturated heterocycles. The van der Waals surface area contributed by atoms with Crippen LogP contribution in [0, 0.1) is 5.82 Å². The number of hydrogen-bond donors (Lipinski definition) is 0. The fourth-order valence-corrected chi connectivity index (χ4v) is 5.21. The first-order valence-electron chi connectivity index (χ1n) is 10.8. The van der Waals surface area contributed by atoms with Gasteiger partial charge in [0.2, 0.25) is 5.91 Å². The van der Waals surface area contributed by atoms with Gasteiger partial charge in [-0.2, -0.15) is 0 Å². The zero-order valence-corrected chi connectivity index (χ0v) is 17.2. The molecule has 1 aromatic carbocycles. The number of hydrogen-bond acceptors (Lipinski definition) is 4. The Morgan fingerprint density at radius 1 is 1.00 bits per heavy atom. The Morgan fingerprint density at radius 2 is 1.64 bits per heavy atom. The molecule has 28 heavy (non-hydrogen) atoms. The number of piperazine rings is 1. The highest BCUT2D eigenvalue weighted by Gasteiger charge is 2.40. The molecule has 4 rings (SSSR count). The third-order valence-corrected chi connectivity index (χ3v) is 7.02. The van der Waals surface area contributed by atoms with Crippen LogP contribution in [0.25, 0.3) is 0 Å². The van der Waals surface area contributed by atoms with Crippen molar-refractivity contribution < 1.29 is 9.18 Å². The molecule has 154 valence electrons. The Morgan fingerprint density at radius 3 is 2.29 bits per heavy atom. The van der Waals surface area contributed by atoms with Gasteiger partial charge < -0.3 is 9.80 Å². The molecular formula is C22H33FN4O. The van der Waals surface area contributed by atoms with E-state index in [1.54, 1.807) is 0 Å². The normalized spacial score (nSPS) is 28.1. The summed E-state index contributed by atoms with van der Waals surface area (Å²) in [6.45, 7) is 11.0. The molecule has 3 heterocycles. The summed E-state index contributed by atoms with van der Waals surface area (Å²) in [6, 6.07) is 7.48. The molecule has 0 radical (unpaired) electrons. The highest BCUT2D eigenvalue weighted by molar-refractivity contribution is 5.82. The molecule has 0 aliphatic carbocycles. The standard InChI is InChI=1S/C22H33FN4O/c1-17-21(26-10-3-4-11-26)9-12-27(17)22(28)18(2)24-13-15-25(16-14-24)20-7-5-19(23)6-8-20/h5-8,17-18,21H,3-4,9-16H2,1-2H3/t17-,18-,21+/m1/s1. The van der Waals surface area contributed by atoms with Gasteiger partial charge in [-0.15, -0.1) is 0 Å². The Hall–Kier alpha value is -1.66. The summed E-state index contributed by atoms with van der Waals surface area (Å²) in [5.74, 6) is 0.0815. The predicted octanol–water partition coefficient (Wildman–Crippen LogP) is 2.42. The molecule has 3 aliphatic heterocycles. The quantitative estimate of drug-likeness (QED) is 0.793. The molecule has 5 nitrogen and oxygen atoms in total. The molecule has 6 heteroatoms. The van der Waals surface area contributed by atoms with Crippen LogP contribution in [-0.4, -0.2) is 84.5 Å². The van der Waals surface area contributed by atoms with Crippen LogP contribution in [0.4, 0.5) is 10.1 Å². The molecule has 0 bridgehead atoms. The third kappa shape index (κ3) is 3.90. The van der Waals surface area contributed by atoms with Crippen molar-refractivity contribution in [2.45, 2.75) is 51.2 Å². The van der Waals surface area contributed by atoms with Crippen LogP contribution in [-0.2, 0) is 4.79 Å². The first kappa shape index (κ1) is 19.6. The maximum atomic E-state index is 13.2. The summed E-state index contributed by atoms with van der Waals surface area (Å²) >= 11 is 0. The molecule has 0 unspecified atom stereocenters. The Bertz CT molecular complexity index is 668. The van der Waals surface area contributed by atoms with Crippen LogP contribution in [0.1, 0.15) is 33.1 Å². The molecule has 3 aliphatic rings. The molecule has 3 fully saturated rings. The van der Waals surface area contributed by atoms with Crippen LogP contribution in [0.5, 0.6) is 0 Å². The van der Waals surface area contributed by atoms with E-state index in [4.69, 9.17) is 0 Å². The van der Waals surface area contributed by atoms with Gasteiger partial charge in [0, 0.05) is 50.5 Å². The number of carbonyl (C=O) groups excluding carboxylic acids is 1. The van der Waals surface area contributed by atoms with Gasteiger partial charge in [0.1, 0.15) is 5.82 Å². The fraction of sp³-hybridized carbons (Fsp3) is 0.682. The van der Waals surface area contributed by atoms with E-state index in [2.05, 4.69) is 33.4 Å². The molecular weight excluding hydrogens is 355 g/mol. The molecule has 0 aromatic heterocycles. The minimum Gasteiger partial charge on any atom is -0.369 e. The Balaban J connectivity index is 1.31. The van der Waals surface area contributed by atoms with E-state index < -0.39 is 0 Å². The van der Waals surface area contributed by atoms with Crippen LogP contribution < -0.4 is 4.90 Å². The van der Waals surface area contributed by atoms with Crippen LogP contribution in [0.3, 0.4) is 0 Å². The highest BCUT2D eigenvalue weighted by Crippen LogP contribution is 2.27. The molecule has 0 N–H and O–H groups in total. The van der Waals surface area contributed by atoms with Crippen molar-refractivity contribution in [2.24, 2.45) is 0 Å². The minimum absolute atomic E-state index is 0.0739. The zero-order chi connectivity index (χ0) is 19.7.